The smallest absolute Gasteiger partial charge is 0.335 e. The maximum Gasteiger partial charge on any atom is 0.335 e. The van der Waals surface area contributed by atoms with Crippen molar-refractivity contribution in [1.82, 2.24) is 10.2 Å². The number of nitrogens with one attached hydrogen (secondary N) is 1. The molecule has 120 valence electrons. The fraction of sp³-hybridized carbons (Fsp3) is 0.375. The second-order valence-corrected chi connectivity index (χ2v) is 5.90. The Bertz CT molecular complexity index is 687. The minimum Gasteiger partial charge on any atom is -0.478 e. The van der Waals surface area contributed by atoms with Crippen LogP contribution in [0.3, 0.4) is 0 Å². The number of nitrogens with zero attached hydrogens (tertiary/aromatic N) is 1. The SMILES string of the molecule is O=C1CC(=O)C2(CCN(C(=O)c3ccc(C(=O)O)cc3)CC2)N1. The number of aromatic carboxylic acids is 1. The van der Waals surface area contributed by atoms with E-state index in [1.165, 1.54) is 24.3 Å². The summed E-state index contributed by atoms with van der Waals surface area (Å²) in [7, 11) is 0. The van der Waals surface area contributed by atoms with Crippen molar-refractivity contribution in [2.45, 2.75) is 24.8 Å². The van der Waals surface area contributed by atoms with Crippen molar-refractivity contribution in [3.63, 3.8) is 0 Å². The van der Waals surface area contributed by atoms with Crippen molar-refractivity contribution in [2.24, 2.45) is 0 Å². The van der Waals surface area contributed by atoms with Crippen LogP contribution in [0, 0.1) is 0 Å². The fourth-order valence-electron chi connectivity index (χ4n) is 3.13. The van der Waals surface area contributed by atoms with E-state index in [1.807, 2.05) is 0 Å². The lowest BCUT2D eigenvalue weighted by atomic mass is 9.85. The number of ketones is 1. The van der Waals surface area contributed by atoms with Crippen molar-refractivity contribution in [1.29, 1.82) is 0 Å². The number of Topliss-reactive ketones (excluding diaryl/α,β-unsaturated/α-hetero) is 1. The zero-order chi connectivity index (χ0) is 16.6. The summed E-state index contributed by atoms with van der Waals surface area (Å²) in [6.07, 6.45) is 0.748. The molecule has 0 saturated carbocycles. The summed E-state index contributed by atoms with van der Waals surface area (Å²) in [5.41, 5.74) is -0.271. The van der Waals surface area contributed by atoms with Crippen LogP contribution in [0.25, 0.3) is 0 Å². The molecule has 0 unspecified atom stereocenters. The molecule has 7 heteroatoms. The average molecular weight is 316 g/mol. The highest BCUT2D eigenvalue weighted by molar-refractivity contribution is 6.10. The Hall–Kier alpha value is -2.70. The van der Waals surface area contributed by atoms with Crippen LogP contribution in [0.5, 0.6) is 0 Å². The van der Waals surface area contributed by atoms with Gasteiger partial charge in [-0.15, -0.1) is 0 Å². The molecule has 1 spiro atoms. The third kappa shape index (κ3) is 2.69. The van der Waals surface area contributed by atoms with Crippen molar-refractivity contribution in [3.05, 3.63) is 35.4 Å². The molecule has 0 aromatic heterocycles. The van der Waals surface area contributed by atoms with Crippen LogP contribution in [0.2, 0.25) is 0 Å². The van der Waals surface area contributed by atoms with Crippen molar-refractivity contribution < 1.29 is 24.3 Å². The quantitative estimate of drug-likeness (QED) is 0.771. The number of carboxylic acids is 1. The van der Waals surface area contributed by atoms with Gasteiger partial charge in [0.05, 0.1) is 12.0 Å². The first-order chi connectivity index (χ1) is 10.9. The van der Waals surface area contributed by atoms with E-state index >= 15 is 0 Å². The lowest BCUT2D eigenvalue weighted by Crippen LogP contribution is -2.55. The Morgan fingerprint density at radius 1 is 1.04 bits per heavy atom. The highest BCUT2D eigenvalue weighted by atomic mass is 16.4. The molecule has 2 saturated heterocycles. The molecule has 0 bridgehead atoms. The van der Waals surface area contributed by atoms with Gasteiger partial charge in [0.25, 0.3) is 5.91 Å². The molecule has 1 aromatic carbocycles. The molecule has 0 atom stereocenters. The van der Waals surface area contributed by atoms with E-state index in [4.69, 9.17) is 5.11 Å². The van der Waals surface area contributed by atoms with Crippen LogP contribution in [0.1, 0.15) is 40.0 Å². The predicted octanol–water partition coefficient (Wildman–Crippen LogP) is 0.449. The Morgan fingerprint density at radius 2 is 1.61 bits per heavy atom. The Morgan fingerprint density at radius 3 is 2.09 bits per heavy atom. The fourth-order valence-corrected chi connectivity index (χ4v) is 3.13. The van der Waals surface area contributed by atoms with Crippen LogP contribution in [-0.4, -0.2) is 52.2 Å². The van der Waals surface area contributed by atoms with Crippen LogP contribution in [-0.2, 0) is 9.59 Å². The lowest BCUT2D eigenvalue weighted by Gasteiger charge is -2.38. The molecule has 2 aliphatic rings. The molecule has 0 aliphatic carbocycles. The van der Waals surface area contributed by atoms with Crippen molar-refractivity contribution in [2.75, 3.05) is 13.1 Å². The molecule has 3 rings (SSSR count). The number of amides is 2. The van der Waals surface area contributed by atoms with E-state index in [1.54, 1.807) is 4.90 Å². The minimum absolute atomic E-state index is 0.0788. The van der Waals surface area contributed by atoms with Gasteiger partial charge in [0.15, 0.2) is 5.78 Å². The van der Waals surface area contributed by atoms with Gasteiger partial charge in [-0.05, 0) is 37.1 Å². The summed E-state index contributed by atoms with van der Waals surface area (Å²) in [5, 5.41) is 11.6. The van der Waals surface area contributed by atoms with E-state index in [-0.39, 0.29) is 29.6 Å². The van der Waals surface area contributed by atoms with Crippen LogP contribution >= 0.6 is 0 Å². The maximum atomic E-state index is 12.4. The topological polar surface area (TPSA) is 104 Å². The van der Waals surface area contributed by atoms with Gasteiger partial charge in [-0.3, -0.25) is 14.4 Å². The minimum atomic E-state index is -1.04. The first-order valence-corrected chi connectivity index (χ1v) is 7.38. The first kappa shape index (κ1) is 15.2. The van der Waals surface area contributed by atoms with Gasteiger partial charge in [-0.1, -0.05) is 0 Å². The number of carboxylic acid groups (broad SMARTS) is 1. The van der Waals surface area contributed by atoms with Gasteiger partial charge in [-0.2, -0.15) is 0 Å². The standard InChI is InChI=1S/C16H16N2O5/c19-12-9-13(20)17-16(12)5-7-18(8-6-16)14(21)10-1-3-11(4-2-10)15(22)23/h1-4H,5-9H2,(H,17,20)(H,22,23). The third-order valence-corrected chi connectivity index (χ3v) is 4.52. The molecule has 2 heterocycles. The Kier molecular flexibility index (Phi) is 3.63. The van der Waals surface area contributed by atoms with Gasteiger partial charge in [0.2, 0.25) is 5.91 Å². The monoisotopic (exact) mass is 316 g/mol. The molecule has 7 nitrogen and oxygen atoms in total. The number of piperidine rings is 1. The largest absolute Gasteiger partial charge is 0.478 e. The van der Waals surface area contributed by atoms with Crippen LogP contribution in [0.4, 0.5) is 0 Å². The van der Waals surface area contributed by atoms with Gasteiger partial charge in [-0.25, -0.2) is 4.79 Å². The van der Waals surface area contributed by atoms with E-state index in [9.17, 15) is 19.2 Å². The molecule has 2 N–H and O–H groups in total. The molecule has 23 heavy (non-hydrogen) atoms. The van der Waals surface area contributed by atoms with Gasteiger partial charge in [0.1, 0.15) is 5.54 Å². The number of rotatable bonds is 2. The zero-order valence-electron chi connectivity index (χ0n) is 12.4. The molecule has 2 amide bonds. The van der Waals surface area contributed by atoms with Gasteiger partial charge >= 0.3 is 5.97 Å². The summed E-state index contributed by atoms with van der Waals surface area (Å²) >= 11 is 0. The first-order valence-electron chi connectivity index (χ1n) is 7.38. The highest BCUT2D eigenvalue weighted by Crippen LogP contribution is 2.29. The van der Waals surface area contributed by atoms with Crippen molar-refractivity contribution >= 4 is 23.6 Å². The third-order valence-electron chi connectivity index (χ3n) is 4.52. The second-order valence-electron chi connectivity index (χ2n) is 5.90. The van der Waals surface area contributed by atoms with Crippen LogP contribution in [0.15, 0.2) is 24.3 Å². The number of hydrogen-bond acceptors (Lipinski definition) is 4. The summed E-state index contributed by atoms with van der Waals surface area (Å²) < 4.78 is 0. The molecule has 1 aromatic rings. The summed E-state index contributed by atoms with van der Waals surface area (Å²) in [6.45, 7) is 0.761. The summed E-state index contributed by atoms with van der Waals surface area (Å²) in [5.74, 6) is -1.59. The van der Waals surface area contributed by atoms with Gasteiger partial charge < -0.3 is 15.3 Å². The lowest BCUT2D eigenvalue weighted by molar-refractivity contribution is -0.124. The number of carbonyl (C=O) groups is 4. The molecular formula is C16H16N2O5. The number of benzene rings is 1. The molecule has 2 aliphatic heterocycles. The number of carbonyl (C=O) groups excluding carboxylic acids is 3. The van der Waals surface area contributed by atoms with E-state index in [2.05, 4.69) is 5.32 Å². The van der Waals surface area contributed by atoms with E-state index in [0.29, 0.717) is 31.5 Å². The average Bonchev–Trinajstić information content (AvgIpc) is 2.81. The predicted molar refractivity (Wildman–Crippen MR) is 79.0 cm³/mol. The van der Waals surface area contributed by atoms with Crippen LogP contribution < -0.4 is 5.32 Å². The number of hydrogen-bond donors (Lipinski definition) is 2. The molecular weight excluding hydrogens is 300 g/mol. The summed E-state index contributed by atoms with van der Waals surface area (Å²) in [4.78, 5) is 48.2. The number of likely N-dealkylation sites (tertiary alicyclic amines) is 1. The Balaban J connectivity index is 1.67. The molecule has 0 radical (unpaired) electrons. The second kappa shape index (κ2) is 5.49. The van der Waals surface area contributed by atoms with Gasteiger partial charge in [0, 0.05) is 18.7 Å². The van der Waals surface area contributed by atoms with E-state index < -0.39 is 11.5 Å². The van der Waals surface area contributed by atoms with E-state index in [0.717, 1.165) is 0 Å². The normalized spacial score (nSPS) is 19.7. The van der Waals surface area contributed by atoms with Crippen molar-refractivity contribution in [3.8, 4) is 0 Å². The summed E-state index contributed by atoms with van der Waals surface area (Å²) in [6, 6.07) is 5.75. The maximum absolute atomic E-state index is 12.4. The Labute approximate surface area is 132 Å². The zero-order valence-corrected chi connectivity index (χ0v) is 12.4. The highest BCUT2D eigenvalue weighted by Gasteiger charge is 2.47. The molecule has 2 fully saturated rings.